The van der Waals surface area contributed by atoms with E-state index in [0.29, 0.717) is 11.1 Å². The second kappa shape index (κ2) is 10.6. The van der Waals surface area contributed by atoms with E-state index in [9.17, 15) is 18.0 Å². The van der Waals surface area contributed by atoms with E-state index in [0.717, 1.165) is 18.0 Å². The van der Waals surface area contributed by atoms with Gasteiger partial charge in [-0.15, -0.1) is 0 Å². The molecule has 0 saturated heterocycles. The van der Waals surface area contributed by atoms with Crippen molar-refractivity contribution < 1.29 is 27.0 Å². The predicted octanol–water partition coefficient (Wildman–Crippen LogP) is 2.51. The third-order valence-corrected chi connectivity index (χ3v) is 5.19. The van der Waals surface area contributed by atoms with E-state index >= 15 is 0 Å². The molecule has 2 amide bonds. The Hall–Kier alpha value is -4.22. The van der Waals surface area contributed by atoms with Crippen molar-refractivity contribution in [2.45, 2.75) is 5.09 Å². The molecule has 0 fully saturated rings. The Balaban J connectivity index is 1.80. The molecule has 0 aliphatic heterocycles. The summed E-state index contributed by atoms with van der Waals surface area (Å²) in [6.07, 6.45) is 2.55. The largest absolute Gasteiger partial charge is 0.441 e. The number of furan rings is 1. The van der Waals surface area contributed by atoms with Gasteiger partial charge in [-0.3, -0.25) is 14.1 Å². The lowest BCUT2D eigenvalue weighted by Crippen LogP contribution is -2.32. The first-order valence-corrected chi connectivity index (χ1v) is 11.3. The number of anilines is 1. The Bertz CT molecular complexity index is 1330. The molecule has 3 aromatic rings. The van der Waals surface area contributed by atoms with Crippen LogP contribution in [0.1, 0.15) is 21.7 Å². The average molecular weight is 483 g/mol. The molecule has 0 spiro atoms. The quantitative estimate of drug-likeness (QED) is 0.194. The van der Waals surface area contributed by atoms with Crippen molar-refractivity contribution in [1.29, 1.82) is 0 Å². The summed E-state index contributed by atoms with van der Waals surface area (Å²) in [7, 11) is -0.690. The Morgan fingerprint density at radius 2 is 1.68 bits per heavy atom. The van der Waals surface area contributed by atoms with Crippen LogP contribution < -0.4 is 15.6 Å². The molecule has 10 nitrogen and oxygen atoms in total. The monoisotopic (exact) mass is 482 g/mol. The highest BCUT2D eigenvalue weighted by molar-refractivity contribution is 7.85. The number of amides is 2. The van der Waals surface area contributed by atoms with Gasteiger partial charge in [-0.05, 0) is 48.0 Å². The summed E-state index contributed by atoms with van der Waals surface area (Å²) < 4.78 is 36.0. The maximum absolute atomic E-state index is 12.8. The molecule has 0 aliphatic carbocycles. The highest BCUT2D eigenvalue weighted by Crippen LogP contribution is 2.15. The number of carbonyl (C=O) groups is 2. The van der Waals surface area contributed by atoms with Crippen molar-refractivity contribution in [3.05, 3.63) is 89.3 Å². The van der Waals surface area contributed by atoms with Gasteiger partial charge in [0.25, 0.3) is 11.8 Å². The first-order chi connectivity index (χ1) is 16.1. The standard InChI is InChI=1S/C23H22N4O6S/c1-27(2)18-10-8-16(9-11-18)14-20(25-22(28)17-6-4-3-5-7-17)23(29)26-24-15-19-12-13-21(33-19)34(30,31)32/h3-15H,1-2H3,(H,25,28)(H,26,29)(H,30,31,32)/b20-14+,24-15+. The van der Waals surface area contributed by atoms with Gasteiger partial charge in [0, 0.05) is 25.3 Å². The fourth-order valence-corrected chi connectivity index (χ4v) is 3.18. The average Bonchev–Trinajstić information content (AvgIpc) is 3.29. The molecule has 1 heterocycles. The van der Waals surface area contributed by atoms with E-state index in [-0.39, 0.29) is 11.5 Å². The number of nitrogens with one attached hydrogen (secondary N) is 2. The van der Waals surface area contributed by atoms with Gasteiger partial charge in [0.2, 0.25) is 5.09 Å². The first-order valence-electron chi connectivity index (χ1n) is 9.90. The molecular weight excluding hydrogens is 460 g/mol. The smallest absolute Gasteiger partial charge is 0.328 e. The van der Waals surface area contributed by atoms with E-state index in [1.165, 1.54) is 12.1 Å². The minimum absolute atomic E-state index is 0.0222. The van der Waals surface area contributed by atoms with Crippen LogP contribution in [0.5, 0.6) is 0 Å². The zero-order valence-electron chi connectivity index (χ0n) is 18.3. The van der Waals surface area contributed by atoms with Crippen LogP contribution in [-0.2, 0) is 14.9 Å². The molecule has 11 heteroatoms. The van der Waals surface area contributed by atoms with E-state index < -0.39 is 27.0 Å². The summed E-state index contributed by atoms with van der Waals surface area (Å²) in [6, 6.07) is 18.0. The molecule has 1 aromatic heterocycles. The van der Waals surface area contributed by atoms with Crippen LogP contribution in [0.25, 0.3) is 6.08 Å². The minimum Gasteiger partial charge on any atom is -0.441 e. The second-order valence-corrected chi connectivity index (χ2v) is 8.55. The van der Waals surface area contributed by atoms with E-state index in [1.807, 2.05) is 31.1 Å². The van der Waals surface area contributed by atoms with Crippen molar-refractivity contribution in [3.8, 4) is 0 Å². The lowest BCUT2D eigenvalue weighted by molar-refractivity contribution is -0.117. The topological polar surface area (TPSA) is 141 Å². The van der Waals surface area contributed by atoms with Gasteiger partial charge in [0.15, 0.2) is 0 Å². The van der Waals surface area contributed by atoms with Crippen LogP contribution in [0.2, 0.25) is 0 Å². The van der Waals surface area contributed by atoms with Crippen LogP contribution in [0.3, 0.4) is 0 Å². The lowest BCUT2D eigenvalue weighted by Gasteiger charge is -2.12. The van der Waals surface area contributed by atoms with Gasteiger partial charge in [-0.1, -0.05) is 30.3 Å². The molecule has 0 saturated carbocycles. The number of rotatable bonds is 8. The summed E-state index contributed by atoms with van der Waals surface area (Å²) >= 11 is 0. The third kappa shape index (κ3) is 6.64. The van der Waals surface area contributed by atoms with Gasteiger partial charge in [0.05, 0.1) is 6.21 Å². The number of benzene rings is 2. The second-order valence-electron chi connectivity index (χ2n) is 7.20. The van der Waals surface area contributed by atoms with Crippen LogP contribution in [-0.4, -0.2) is 45.1 Å². The summed E-state index contributed by atoms with van der Waals surface area (Å²) in [5.74, 6) is -1.23. The lowest BCUT2D eigenvalue weighted by atomic mass is 10.1. The van der Waals surface area contributed by atoms with E-state index in [4.69, 9.17) is 8.97 Å². The highest BCUT2D eigenvalue weighted by atomic mass is 32.2. The number of carbonyl (C=O) groups excluding carboxylic acids is 2. The van der Waals surface area contributed by atoms with Gasteiger partial charge in [-0.2, -0.15) is 13.5 Å². The number of hydrogen-bond acceptors (Lipinski definition) is 7. The maximum atomic E-state index is 12.8. The summed E-state index contributed by atoms with van der Waals surface area (Å²) in [4.78, 5) is 27.3. The number of hydrazone groups is 1. The summed E-state index contributed by atoms with van der Waals surface area (Å²) in [6.45, 7) is 0. The Labute approximate surface area is 196 Å². The molecule has 0 radical (unpaired) electrons. The van der Waals surface area contributed by atoms with Gasteiger partial charge in [-0.25, -0.2) is 5.43 Å². The molecule has 2 aromatic carbocycles. The molecule has 176 valence electrons. The SMILES string of the molecule is CN(C)c1ccc(/C=C(/NC(=O)c2ccccc2)C(=O)N/N=C/c2ccc(S(=O)(=O)O)o2)cc1. The normalized spacial score (nSPS) is 11.9. The zero-order valence-corrected chi connectivity index (χ0v) is 19.1. The molecular formula is C23H22N4O6S. The molecule has 0 aliphatic rings. The summed E-state index contributed by atoms with van der Waals surface area (Å²) in [5.41, 5.74) is 4.17. The number of hydrogen-bond donors (Lipinski definition) is 3. The molecule has 0 unspecified atom stereocenters. The van der Waals surface area contributed by atoms with Crippen molar-refractivity contribution in [2.24, 2.45) is 5.10 Å². The molecule has 3 N–H and O–H groups in total. The minimum atomic E-state index is -4.50. The van der Waals surface area contributed by atoms with Crippen LogP contribution in [0.15, 0.2) is 87.0 Å². The van der Waals surface area contributed by atoms with E-state index in [2.05, 4.69) is 15.8 Å². The van der Waals surface area contributed by atoms with Crippen molar-refractivity contribution >= 4 is 39.9 Å². The van der Waals surface area contributed by atoms with Gasteiger partial charge >= 0.3 is 10.1 Å². The van der Waals surface area contributed by atoms with Gasteiger partial charge < -0.3 is 14.6 Å². The van der Waals surface area contributed by atoms with Crippen LogP contribution >= 0.6 is 0 Å². The third-order valence-electron chi connectivity index (χ3n) is 4.46. The van der Waals surface area contributed by atoms with Crippen molar-refractivity contribution in [3.63, 3.8) is 0 Å². The Morgan fingerprint density at radius 1 is 1.00 bits per heavy atom. The first kappa shape index (κ1) is 24.4. The van der Waals surface area contributed by atoms with E-state index in [1.54, 1.807) is 42.5 Å². The fourth-order valence-electron chi connectivity index (χ4n) is 2.73. The number of nitrogens with zero attached hydrogens (tertiary/aromatic N) is 2. The Kier molecular flexibility index (Phi) is 7.61. The molecule has 3 rings (SSSR count). The van der Waals surface area contributed by atoms with Crippen LogP contribution in [0, 0.1) is 0 Å². The fraction of sp³-hybridized carbons (Fsp3) is 0.0870. The van der Waals surface area contributed by atoms with Crippen molar-refractivity contribution in [1.82, 2.24) is 10.7 Å². The van der Waals surface area contributed by atoms with Gasteiger partial charge in [0.1, 0.15) is 11.5 Å². The molecule has 0 bridgehead atoms. The van der Waals surface area contributed by atoms with Crippen LogP contribution in [0.4, 0.5) is 5.69 Å². The molecule has 0 atom stereocenters. The Morgan fingerprint density at radius 3 is 2.26 bits per heavy atom. The highest BCUT2D eigenvalue weighted by Gasteiger charge is 2.16. The zero-order chi connectivity index (χ0) is 24.7. The molecule has 34 heavy (non-hydrogen) atoms. The van der Waals surface area contributed by atoms with Crippen molar-refractivity contribution in [2.75, 3.05) is 19.0 Å². The predicted molar refractivity (Wildman–Crippen MR) is 127 cm³/mol. The maximum Gasteiger partial charge on any atom is 0.328 e. The summed E-state index contributed by atoms with van der Waals surface area (Å²) in [5, 5.41) is 5.65.